The molecule has 23 heavy (non-hydrogen) atoms. The molecule has 0 radical (unpaired) electrons. The van der Waals surface area contributed by atoms with Crippen molar-refractivity contribution in [3.63, 3.8) is 0 Å². The van der Waals surface area contributed by atoms with Crippen LogP contribution in [0.1, 0.15) is 32.1 Å². The summed E-state index contributed by atoms with van der Waals surface area (Å²) >= 11 is 0. The average molecular weight is 318 g/mol. The van der Waals surface area contributed by atoms with Crippen LogP contribution in [0, 0.1) is 35.5 Å². The molecule has 2 saturated heterocycles. The van der Waals surface area contributed by atoms with Crippen LogP contribution in [0.4, 0.5) is 4.79 Å². The number of ether oxygens (including phenoxy) is 4. The lowest BCUT2D eigenvalue weighted by Gasteiger charge is -2.32. The van der Waals surface area contributed by atoms with Gasteiger partial charge in [0.1, 0.15) is 12.2 Å². The topological polar surface area (TPSA) is 60.6 Å². The lowest BCUT2D eigenvalue weighted by atomic mass is 9.79. The fraction of sp³-hybridized carbons (Fsp3) is 0.944. The van der Waals surface area contributed by atoms with Gasteiger partial charge < -0.3 is 18.9 Å². The Kier molecular flexibility index (Phi) is 2.11. The summed E-state index contributed by atoms with van der Waals surface area (Å²) in [5.74, 6) is 3.82. The minimum absolute atomic E-state index is 0.0371. The average Bonchev–Trinajstić information content (AvgIpc) is 3.20. The quantitative estimate of drug-likeness (QED) is 0.576. The molecule has 5 nitrogen and oxygen atoms in total. The first kappa shape index (κ1) is 12.5. The summed E-state index contributed by atoms with van der Waals surface area (Å²) in [6.45, 7) is 0. The molecule has 124 valence electrons. The highest BCUT2D eigenvalue weighted by molar-refractivity contribution is 5.60. The van der Waals surface area contributed by atoms with Gasteiger partial charge in [0.2, 0.25) is 0 Å². The number of fused-ring (bicyclic) bond motifs is 12. The van der Waals surface area contributed by atoms with E-state index in [-0.39, 0.29) is 12.2 Å². The Labute approximate surface area is 135 Å². The zero-order chi connectivity index (χ0) is 14.9. The molecule has 0 spiro atoms. The molecular weight excluding hydrogens is 296 g/mol. The Bertz CT molecular complexity index is 592. The SMILES string of the molecule is O=C(OC1CC2CC1C1CC3OC3C21)OC1CC2CC1C1OC21. The third-order valence-electron chi connectivity index (χ3n) is 8.21. The molecule has 12 unspecified atom stereocenters. The van der Waals surface area contributed by atoms with Crippen LogP contribution in [0.25, 0.3) is 0 Å². The summed E-state index contributed by atoms with van der Waals surface area (Å²) in [6.07, 6.45) is 7.23. The maximum absolute atomic E-state index is 12.3. The highest BCUT2D eigenvalue weighted by Gasteiger charge is 2.67. The minimum atomic E-state index is -0.423. The standard InChI is InChI=1S/C18H22O5/c19-18(22-12-4-7-2-10(12)16-15(7)23-16)21-11-3-6-1-8(11)9-5-13-17(20-13)14(6)9/h6-17H,1-5H2. The van der Waals surface area contributed by atoms with Crippen LogP contribution in [0.2, 0.25) is 0 Å². The monoisotopic (exact) mass is 318 g/mol. The lowest BCUT2D eigenvalue weighted by molar-refractivity contribution is -0.0427. The van der Waals surface area contributed by atoms with Gasteiger partial charge in [0.05, 0.1) is 24.4 Å². The molecule has 0 aromatic rings. The number of hydrogen-bond donors (Lipinski definition) is 0. The van der Waals surface area contributed by atoms with E-state index in [1.54, 1.807) is 0 Å². The number of epoxide rings is 2. The first-order valence-corrected chi connectivity index (χ1v) is 9.44. The van der Waals surface area contributed by atoms with Crippen molar-refractivity contribution in [3.05, 3.63) is 0 Å². The van der Waals surface area contributed by atoms with E-state index in [2.05, 4.69) is 0 Å². The zero-order valence-corrected chi connectivity index (χ0v) is 13.0. The number of carbonyl (C=O) groups excluding carboxylic acids is 1. The number of carbonyl (C=O) groups is 1. The highest BCUT2D eigenvalue weighted by atomic mass is 16.7. The van der Waals surface area contributed by atoms with Crippen molar-refractivity contribution >= 4 is 6.16 Å². The third kappa shape index (κ3) is 1.54. The summed E-state index contributed by atoms with van der Waals surface area (Å²) in [4.78, 5) is 12.3. The van der Waals surface area contributed by atoms with E-state index in [1.807, 2.05) is 0 Å². The van der Waals surface area contributed by atoms with Crippen LogP contribution in [0.3, 0.4) is 0 Å². The molecule has 7 rings (SSSR count). The van der Waals surface area contributed by atoms with Gasteiger partial charge in [0.15, 0.2) is 0 Å². The summed E-state index contributed by atoms with van der Waals surface area (Å²) in [5, 5.41) is 0. The molecule has 2 aliphatic heterocycles. The van der Waals surface area contributed by atoms with Crippen molar-refractivity contribution in [3.8, 4) is 0 Å². The van der Waals surface area contributed by atoms with Crippen molar-refractivity contribution in [2.24, 2.45) is 35.5 Å². The Hall–Kier alpha value is -0.810. The predicted molar refractivity (Wildman–Crippen MR) is 76.5 cm³/mol. The zero-order valence-electron chi connectivity index (χ0n) is 13.0. The molecular formula is C18H22O5. The van der Waals surface area contributed by atoms with Crippen molar-refractivity contribution in [1.29, 1.82) is 0 Å². The molecule has 12 atom stereocenters. The van der Waals surface area contributed by atoms with Gasteiger partial charge in [-0.05, 0) is 61.7 Å². The van der Waals surface area contributed by atoms with Gasteiger partial charge in [-0.2, -0.15) is 0 Å². The van der Waals surface area contributed by atoms with E-state index in [0.717, 1.165) is 24.7 Å². The number of hydrogen-bond acceptors (Lipinski definition) is 5. The van der Waals surface area contributed by atoms with E-state index < -0.39 is 6.16 Å². The molecule has 4 bridgehead atoms. The fourth-order valence-corrected chi connectivity index (χ4v) is 7.36. The second kappa shape index (κ2) is 3.88. The van der Waals surface area contributed by atoms with E-state index in [0.29, 0.717) is 48.1 Å². The van der Waals surface area contributed by atoms with Gasteiger partial charge in [-0.25, -0.2) is 4.79 Å². The molecule has 5 saturated carbocycles. The van der Waals surface area contributed by atoms with Gasteiger partial charge in [-0.1, -0.05) is 0 Å². The molecule has 0 N–H and O–H groups in total. The first-order valence-electron chi connectivity index (χ1n) is 9.44. The van der Waals surface area contributed by atoms with Crippen molar-refractivity contribution in [1.82, 2.24) is 0 Å². The smallest absolute Gasteiger partial charge is 0.431 e. The molecule has 7 fully saturated rings. The maximum Gasteiger partial charge on any atom is 0.508 e. The predicted octanol–water partition coefficient (Wildman–Crippen LogP) is 2.13. The van der Waals surface area contributed by atoms with Gasteiger partial charge in [0, 0.05) is 5.92 Å². The molecule has 5 aliphatic carbocycles. The van der Waals surface area contributed by atoms with E-state index in [1.165, 1.54) is 19.3 Å². The van der Waals surface area contributed by atoms with Crippen LogP contribution in [-0.4, -0.2) is 42.8 Å². The summed E-state index contributed by atoms with van der Waals surface area (Å²) in [6, 6.07) is 0. The van der Waals surface area contributed by atoms with Gasteiger partial charge in [-0.3, -0.25) is 0 Å². The molecule has 0 amide bonds. The van der Waals surface area contributed by atoms with Crippen molar-refractivity contribution in [2.45, 2.75) is 68.7 Å². The molecule has 2 heterocycles. The van der Waals surface area contributed by atoms with Crippen LogP contribution < -0.4 is 0 Å². The molecule has 5 heteroatoms. The van der Waals surface area contributed by atoms with E-state index in [4.69, 9.17) is 18.9 Å². The Balaban J connectivity index is 1.01. The third-order valence-corrected chi connectivity index (χ3v) is 8.21. The van der Waals surface area contributed by atoms with Gasteiger partial charge in [-0.15, -0.1) is 0 Å². The normalized spacial score (nSPS) is 65.2. The second-order valence-corrected chi connectivity index (χ2v) is 9.03. The van der Waals surface area contributed by atoms with E-state index in [9.17, 15) is 4.79 Å². The van der Waals surface area contributed by atoms with Crippen LogP contribution >= 0.6 is 0 Å². The summed E-state index contributed by atoms with van der Waals surface area (Å²) < 4.78 is 22.8. The fourth-order valence-electron chi connectivity index (χ4n) is 7.36. The second-order valence-electron chi connectivity index (χ2n) is 9.03. The van der Waals surface area contributed by atoms with Gasteiger partial charge in [0.25, 0.3) is 0 Å². The lowest BCUT2D eigenvalue weighted by Crippen LogP contribution is -2.36. The molecule has 0 aromatic carbocycles. The largest absolute Gasteiger partial charge is 0.508 e. The molecule has 7 aliphatic rings. The van der Waals surface area contributed by atoms with Gasteiger partial charge >= 0.3 is 6.16 Å². The number of rotatable bonds is 2. The first-order chi connectivity index (χ1) is 11.3. The maximum atomic E-state index is 12.3. The Morgan fingerprint density at radius 1 is 0.739 bits per heavy atom. The molecule has 0 aromatic heterocycles. The van der Waals surface area contributed by atoms with Crippen LogP contribution in [-0.2, 0) is 18.9 Å². The highest BCUT2D eigenvalue weighted by Crippen LogP contribution is 2.64. The van der Waals surface area contributed by atoms with Crippen molar-refractivity contribution < 1.29 is 23.7 Å². The van der Waals surface area contributed by atoms with Crippen LogP contribution in [0.5, 0.6) is 0 Å². The van der Waals surface area contributed by atoms with Crippen LogP contribution in [0.15, 0.2) is 0 Å². The van der Waals surface area contributed by atoms with Crippen molar-refractivity contribution in [2.75, 3.05) is 0 Å². The Morgan fingerprint density at radius 2 is 1.52 bits per heavy atom. The minimum Gasteiger partial charge on any atom is -0.431 e. The summed E-state index contributed by atoms with van der Waals surface area (Å²) in [7, 11) is 0. The van der Waals surface area contributed by atoms with E-state index >= 15 is 0 Å². The Morgan fingerprint density at radius 3 is 2.35 bits per heavy atom. The summed E-state index contributed by atoms with van der Waals surface area (Å²) in [5.41, 5.74) is 0.